The largest absolute Gasteiger partial charge is 0.493 e. The summed E-state index contributed by atoms with van der Waals surface area (Å²) in [6.45, 7) is -1.46. The third-order valence-electron chi connectivity index (χ3n) is 7.29. The molecule has 4 atom stereocenters. The fraction of sp³-hybridized carbons (Fsp3) is 0.357. The number of esters is 1. The van der Waals surface area contributed by atoms with E-state index in [1.165, 1.54) is 32.5 Å². The van der Waals surface area contributed by atoms with Gasteiger partial charge in [0.15, 0.2) is 22.9 Å². The number of anilines is 1. The summed E-state index contributed by atoms with van der Waals surface area (Å²) in [5, 5.41) is 2.40. The van der Waals surface area contributed by atoms with Crippen molar-refractivity contribution in [2.75, 3.05) is 19.5 Å². The molecule has 0 saturated carbocycles. The summed E-state index contributed by atoms with van der Waals surface area (Å²) in [6.07, 6.45) is -4.47. The Morgan fingerprint density at radius 2 is 1.72 bits per heavy atom. The molecule has 0 spiro atoms. The molecular weight excluding hydrogens is 588 g/mol. The zero-order valence-electron chi connectivity index (χ0n) is 23.0. The lowest BCUT2D eigenvalue weighted by atomic mass is 9.77. The summed E-state index contributed by atoms with van der Waals surface area (Å²) in [4.78, 5) is 33.8. The molecule has 3 aromatic rings. The summed E-state index contributed by atoms with van der Waals surface area (Å²) in [6, 6.07) is 8.17. The molecule has 4 rings (SSSR count). The number of aromatic nitrogens is 2. The predicted molar refractivity (Wildman–Crippen MR) is 138 cm³/mol. The molecular formula is C28H25F6N3O6. The van der Waals surface area contributed by atoms with Gasteiger partial charge in [0.05, 0.1) is 37.9 Å². The maximum Gasteiger partial charge on any atom is 0.417 e. The average Bonchev–Trinajstić information content (AvgIpc) is 3.25. The molecule has 0 unspecified atom stereocenters. The number of amides is 1. The van der Waals surface area contributed by atoms with Crippen LogP contribution in [0.2, 0.25) is 0 Å². The van der Waals surface area contributed by atoms with Crippen LogP contribution in [0.1, 0.15) is 35.7 Å². The minimum atomic E-state index is -4.96. The van der Waals surface area contributed by atoms with Crippen LogP contribution < -0.4 is 14.8 Å². The Morgan fingerprint density at radius 3 is 2.30 bits per heavy atom. The number of nitrogens with one attached hydrogen (secondary N) is 1. The number of alkyl halides is 5. The summed E-state index contributed by atoms with van der Waals surface area (Å²) >= 11 is 0. The summed E-state index contributed by atoms with van der Waals surface area (Å²) in [5.41, 5.74) is -2.62. The van der Waals surface area contributed by atoms with E-state index in [2.05, 4.69) is 20.0 Å². The lowest BCUT2D eigenvalue weighted by molar-refractivity contribution is -0.272. The minimum absolute atomic E-state index is 0.0289. The lowest BCUT2D eigenvalue weighted by Gasteiger charge is -2.32. The van der Waals surface area contributed by atoms with E-state index >= 15 is 4.39 Å². The van der Waals surface area contributed by atoms with Crippen molar-refractivity contribution >= 4 is 17.6 Å². The van der Waals surface area contributed by atoms with Crippen molar-refractivity contribution in [2.45, 2.75) is 44.3 Å². The molecule has 0 bridgehead atoms. The van der Waals surface area contributed by atoms with Crippen LogP contribution in [0, 0.1) is 11.7 Å². The van der Waals surface area contributed by atoms with Crippen LogP contribution >= 0.6 is 0 Å². The molecule has 1 saturated heterocycles. The van der Waals surface area contributed by atoms with Crippen LogP contribution in [0.5, 0.6) is 11.5 Å². The van der Waals surface area contributed by atoms with Gasteiger partial charge in [-0.3, -0.25) is 4.79 Å². The molecule has 1 aliphatic rings. The molecule has 1 fully saturated rings. The van der Waals surface area contributed by atoms with Gasteiger partial charge in [-0.1, -0.05) is 31.2 Å². The number of benzene rings is 2. The molecule has 1 aromatic heterocycles. The Balaban J connectivity index is 1.69. The third-order valence-corrected chi connectivity index (χ3v) is 7.29. The Hall–Kier alpha value is -4.40. The Morgan fingerprint density at radius 1 is 1.07 bits per heavy atom. The van der Waals surface area contributed by atoms with E-state index in [4.69, 9.17) is 14.2 Å². The summed E-state index contributed by atoms with van der Waals surface area (Å²) in [7, 11) is 2.20. The second-order valence-electron chi connectivity index (χ2n) is 9.66. The molecule has 0 radical (unpaired) electrons. The predicted octanol–water partition coefficient (Wildman–Crippen LogP) is 5.76. The number of ether oxygens (including phenoxy) is 4. The van der Waals surface area contributed by atoms with Crippen molar-refractivity contribution in [1.29, 1.82) is 0 Å². The first-order valence-corrected chi connectivity index (χ1v) is 12.6. The maximum absolute atomic E-state index is 15.1. The van der Waals surface area contributed by atoms with Gasteiger partial charge in [-0.15, -0.1) is 0 Å². The Kier molecular flexibility index (Phi) is 8.85. The second kappa shape index (κ2) is 12.1. The zero-order valence-corrected chi connectivity index (χ0v) is 23.0. The van der Waals surface area contributed by atoms with Crippen molar-refractivity contribution in [3.8, 4) is 22.9 Å². The van der Waals surface area contributed by atoms with Gasteiger partial charge in [0.25, 0.3) is 5.91 Å². The van der Waals surface area contributed by atoms with Gasteiger partial charge in [0.2, 0.25) is 5.82 Å². The normalized spacial score (nSPS) is 21.9. The number of hydrogen-bond acceptors (Lipinski definition) is 8. The lowest BCUT2D eigenvalue weighted by Crippen LogP contribution is -2.47. The number of halogens is 6. The SMILES string of the molecule is COC(=O)c1ccccc1-c1ncc(NC(=O)[C@@H]2O[C@@](C)(C(F)(F)F)[C@@H](C)[C@H]2c2ccc(OC(F)F)c(F)c2OC)cn1. The van der Waals surface area contributed by atoms with E-state index < -0.39 is 65.5 Å². The van der Waals surface area contributed by atoms with E-state index in [1.54, 1.807) is 18.2 Å². The van der Waals surface area contributed by atoms with Gasteiger partial charge in [-0.05, 0) is 19.1 Å². The quantitative estimate of drug-likeness (QED) is 0.253. The summed E-state index contributed by atoms with van der Waals surface area (Å²) in [5.74, 6) is -7.49. The molecule has 0 aliphatic carbocycles. The molecule has 2 aromatic carbocycles. The van der Waals surface area contributed by atoms with Gasteiger partial charge in [-0.25, -0.2) is 14.8 Å². The van der Waals surface area contributed by atoms with Crippen LogP contribution in [-0.2, 0) is 14.3 Å². The molecule has 1 aliphatic heterocycles. The molecule has 15 heteroatoms. The number of carbonyl (C=O) groups excluding carboxylic acids is 2. The number of carbonyl (C=O) groups is 2. The smallest absolute Gasteiger partial charge is 0.417 e. The van der Waals surface area contributed by atoms with E-state index in [0.717, 1.165) is 26.2 Å². The number of nitrogens with zero attached hydrogens (tertiary/aromatic N) is 2. The Labute approximate surface area is 241 Å². The Bertz CT molecular complexity index is 1500. The molecule has 43 heavy (non-hydrogen) atoms. The van der Waals surface area contributed by atoms with Crippen LogP contribution in [0.15, 0.2) is 48.8 Å². The molecule has 1 N–H and O–H groups in total. The highest BCUT2D eigenvalue weighted by Crippen LogP contribution is 2.55. The van der Waals surface area contributed by atoms with Crippen LogP contribution in [0.3, 0.4) is 0 Å². The van der Waals surface area contributed by atoms with E-state index in [0.29, 0.717) is 5.56 Å². The first-order chi connectivity index (χ1) is 20.2. The zero-order chi connectivity index (χ0) is 31.7. The molecule has 1 amide bonds. The van der Waals surface area contributed by atoms with Crippen molar-refractivity contribution in [3.05, 3.63) is 65.7 Å². The second-order valence-corrected chi connectivity index (χ2v) is 9.66. The highest BCUT2D eigenvalue weighted by atomic mass is 19.4. The monoisotopic (exact) mass is 613 g/mol. The van der Waals surface area contributed by atoms with Crippen LogP contribution in [-0.4, -0.2) is 60.6 Å². The van der Waals surface area contributed by atoms with Crippen molar-refractivity contribution in [3.63, 3.8) is 0 Å². The van der Waals surface area contributed by atoms with Gasteiger partial charge < -0.3 is 24.3 Å². The first-order valence-electron chi connectivity index (χ1n) is 12.6. The maximum atomic E-state index is 15.1. The third kappa shape index (κ3) is 5.94. The van der Waals surface area contributed by atoms with Gasteiger partial charge in [0, 0.05) is 23.0 Å². The fourth-order valence-corrected chi connectivity index (χ4v) is 4.94. The van der Waals surface area contributed by atoms with Crippen molar-refractivity contribution < 1.29 is 54.9 Å². The van der Waals surface area contributed by atoms with Crippen molar-refractivity contribution in [1.82, 2.24) is 9.97 Å². The van der Waals surface area contributed by atoms with Gasteiger partial charge in [0.1, 0.15) is 6.10 Å². The highest BCUT2D eigenvalue weighted by Gasteiger charge is 2.66. The van der Waals surface area contributed by atoms with Gasteiger partial charge >= 0.3 is 18.8 Å². The first kappa shape index (κ1) is 31.5. The molecule has 2 heterocycles. The van der Waals surface area contributed by atoms with Crippen LogP contribution in [0.25, 0.3) is 11.4 Å². The number of hydrogen-bond donors (Lipinski definition) is 1. The highest BCUT2D eigenvalue weighted by molar-refractivity contribution is 5.97. The minimum Gasteiger partial charge on any atom is -0.493 e. The topological polar surface area (TPSA) is 109 Å². The van der Waals surface area contributed by atoms with E-state index in [-0.39, 0.29) is 22.6 Å². The van der Waals surface area contributed by atoms with E-state index in [9.17, 15) is 31.5 Å². The molecule has 9 nitrogen and oxygen atoms in total. The number of methoxy groups -OCH3 is 2. The van der Waals surface area contributed by atoms with Crippen LogP contribution in [0.4, 0.5) is 32.0 Å². The number of rotatable bonds is 8. The molecule has 230 valence electrons. The fourth-order valence-electron chi connectivity index (χ4n) is 4.94. The van der Waals surface area contributed by atoms with Crippen molar-refractivity contribution in [2.24, 2.45) is 5.92 Å². The standard InChI is InChI=1S/C28H25F6N3O6/c1-13-19(17-9-10-18(42-26(30)31)20(29)21(17)40-3)22(43-27(13,2)28(32,33)34)24(38)37-14-11-35-23(36-12-14)15-7-5-6-8-16(15)25(39)41-4/h5-13,19,22,26H,1-4H3,(H,37,38)/t13-,19-,22+,27+/m0/s1. The average molecular weight is 614 g/mol. The van der Waals surface area contributed by atoms with E-state index in [1.807, 2.05) is 0 Å². The van der Waals surface area contributed by atoms with Gasteiger partial charge in [-0.2, -0.15) is 26.3 Å². The summed E-state index contributed by atoms with van der Waals surface area (Å²) < 4.78 is 102.